The zero-order chi connectivity index (χ0) is 14.8. The van der Waals surface area contributed by atoms with E-state index in [2.05, 4.69) is 31.2 Å². The highest BCUT2D eigenvalue weighted by Crippen LogP contribution is 2.14. The monoisotopic (exact) mass is 356 g/mol. The summed E-state index contributed by atoms with van der Waals surface area (Å²) in [5.74, 6) is 0.769. The molecule has 0 radical (unpaired) electrons. The second kappa shape index (κ2) is 5.76. The molecular formula is C12H13BrN4O2S. The fourth-order valence-corrected chi connectivity index (χ4v) is 2.58. The van der Waals surface area contributed by atoms with Crippen LogP contribution in [0.25, 0.3) is 0 Å². The molecule has 0 fully saturated rings. The highest BCUT2D eigenvalue weighted by atomic mass is 79.9. The Bertz CT molecular complexity index is 696. The van der Waals surface area contributed by atoms with Gasteiger partial charge in [-0.2, -0.15) is 4.98 Å². The van der Waals surface area contributed by atoms with Crippen LogP contribution >= 0.6 is 15.9 Å². The maximum absolute atomic E-state index is 11.3. The number of halogens is 1. The minimum Gasteiger partial charge on any atom is -0.383 e. The van der Waals surface area contributed by atoms with Gasteiger partial charge in [0.05, 0.1) is 4.90 Å². The van der Waals surface area contributed by atoms with Crippen LogP contribution < -0.4 is 11.1 Å². The van der Waals surface area contributed by atoms with Crippen molar-refractivity contribution in [2.24, 2.45) is 0 Å². The number of anilines is 2. The Hall–Kier alpha value is -1.67. The van der Waals surface area contributed by atoms with E-state index in [-0.39, 0.29) is 0 Å². The van der Waals surface area contributed by atoms with Crippen LogP contribution in [0.3, 0.4) is 0 Å². The van der Waals surface area contributed by atoms with Crippen molar-refractivity contribution >= 4 is 37.5 Å². The van der Waals surface area contributed by atoms with Gasteiger partial charge in [0.2, 0.25) is 5.95 Å². The summed E-state index contributed by atoms with van der Waals surface area (Å²) in [5, 5.41) is 3.02. The first-order valence-electron chi connectivity index (χ1n) is 5.67. The standard InChI is InChI=1S/C12H13BrN4O2S/c1-20(18,19)9-4-2-8(3-5-9)7-15-12-16-10(13)6-11(14)17-12/h2-6H,7H2,1H3,(H3,14,15,16,17). The third-order valence-electron chi connectivity index (χ3n) is 2.52. The van der Waals surface area contributed by atoms with Crippen LogP contribution in [0, 0.1) is 0 Å². The van der Waals surface area contributed by atoms with Gasteiger partial charge in [0, 0.05) is 18.9 Å². The van der Waals surface area contributed by atoms with Crippen LogP contribution in [0.15, 0.2) is 39.8 Å². The number of benzene rings is 1. The number of sulfone groups is 1. The Morgan fingerprint density at radius 2 is 1.90 bits per heavy atom. The molecule has 0 atom stereocenters. The van der Waals surface area contributed by atoms with Gasteiger partial charge in [-0.05, 0) is 33.6 Å². The summed E-state index contributed by atoms with van der Waals surface area (Å²) in [6, 6.07) is 8.23. The second-order valence-electron chi connectivity index (χ2n) is 4.21. The van der Waals surface area contributed by atoms with E-state index in [0.717, 1.165) is 5.56 Å². The summed E-state index contributed by atoms with van der Waals surface area (Å²) in [4.78, 5) is 8.46. The van der Waals surface area contributed by atoms with Crippen molar-refractivity contribution in [2.45, 2.75) is 11.4 Å². The highest BCUT2D eigenvalue weighted by molar-refractivity contribution is 9.10. The highest BCUT2D eigenvalue weighted by Gasteiger charge is 2.06. The molecule has 1 aromatic carbocycles. The molecule has 3 N–H and O–H groups in total. The second-order valence-corrected chi connectivity index (χ2v) is 7.04. The largest absolute Gasteiger partial charge is 0.383 e. The molecular weight excluding hydrogens is 344 g/mol. The summed E-state index contributed by atoms with van der Waals surface area (Å²) in [5.41, 5.74) is 6.52. The molecule has 0 saturated carbocycles. The van der Waals surface area contributed by atoms with Gasteiger partial charge in [0.25, 0.3) is 0 Å². The Labute approximate surface area is 125 Å². The van der Waals surface area contributed by atoms with E-state index in [1.54, 1.807) is 30.3 Å². The van der Waals surface area contributed by atoms with Crippen LogP contribution in [-0.2, 0) is 16.4 Å². The molecule has 20 heavy (non-hydrogen) atoms. The lowest BCUT2D eigenvalue weighted by atomic mass is 10.2. The zero-order valence-electron chi connectivity index (χ0n) is 10.7. The van der Waals surface area contributed by atoms with Crippen molar-refractivity contribution in [3.05, 3.63) is 40.5 Å². The van der Waals surface area contributed by atoms with Crippen molar-refractivity contribution in [1.29, 1.82) is 0 Å². The molecule has 1 heterocycles. The minimum absolute atomic E-state index is 0.296. The van der Waals surface area contributed by atoms with Crippen molar-refractivity contribution in [1.82, 2.24) is 9.97 Å². The van der Waals surface area contributed by atoms with Crippen LogP contribution in [0.5, 0.6) is 0 Å². The van der Waals surface area contributed by atoms with Gasteiger partial charge >= 0.3 is 0 Å². The Balaban J connectivity index is 2.07. The van der Waals surface area contributed by atoms with Crippen molar-refractivity contribution in [2.75, 3.05) is 17.3 Å². The Morgan fingerprint density at radius 3 is 2.45 bits per heavy atom. The lowest BCUT2D eigenvalue weighted by Gasteiger charge is -2.06. The summed E-state index contributed by atoms with van der Waals surface area (Å²) in [7, 11) is -3.17. The number of rotatable bonds is 4. The number of hydrogen-bond acceptors (Lipinski definition) is 6. The predicted molar refractivity (Wildman–Crippen MR) is 81.0 cm³/mol. The maximum Gasteiger partial charge on any atom is 0.225 e. The average Bonchev–Trinajstić information content (AvgIpc) is 2.35. The van der Waals surface area contributed by atoms with Gasteiger partial charge in [-0.15, -0.1) is 0 Å². The number of nitrogens with zero attached hydrogens (tertiary/aromatic N) is 2. The number of nitrogens with one attached hydrogen (secondary N) is 1. The van der Waals surface area contributed by atoms with Crippen LogP contribution in [0.4, 0.5) is 11.8 Å². The molecule has 0 aliphatic rings. The van der Waals surface area contributed by atoms with Gasteiger partial charge in [0.1, 0.15) is 10.4 Å². The molecule has 2 aromatic rings. The van der Waals surface area contributed by atoms with E-state index in [1.807, 2.05) is 0 Å². The molecule has 2 rings (SSSR count). The van der Waals surface area contributed by atoms with Gasteiger partial charge in [-0.3, -0.25) is 0 Å². The van der Waals surface area contributed by atoms with Crippen LogP contribution in [0.1, 0.15) is 5.56 Å². The number of nitrogen functional groups attached to an aromatic ring is 1. The van der Waals surface area contributed by atoms with E-state index in [0.29, 0.717) is 27.8 Å². The van der Waals surface area contributed by atoms with E-state index >= 15 is 0 Å². The van der Waals surface area contributed by atoms with Crippen LogP contribution in [0.2, 0.25) is 0 Å². The summed E-state index contributed by atoms with van der Waals surface area (Å²) >= 11 is 3.23. The molecule has 0 spiro atoms. The van der Waals surface area contributed by atoms with Gasteiger partial charge in [0.15, 0.2) is 9.84 Å². The SMILES string of the molecule is CS(=O)(=O)c1ccc(CNc2nc(N)cc(Br)n2)cc1. The predicted octanol–water partition coefficient (Wildman–Crippen LogP) is 1.84. The number of aromatic nitrogens is 2. The number of hydrogen-bond donors (Lipinski definition) is 2. The summed E-state index contributed by atoms with van der Waals surface area (Å²) < 4.78 is 23.3. The van der Waals surface area contributed by atoms with E-state index in [1.165, 1.54) is 6.26 Å². The molecule has 106 valence electrons. The molecule has 0 saturated heterocycles. The van der Waals surface area contributed by atoms with E-state index in [9.17, 15) is 8.42 Å². The van der Waals surface area contributed by atoms with Crippen LogP contribution in [-0.4, -0.2) is 24.6 Å². The van der Waals surface area contributed by atoms with E-state index in [4.69, 9.17) is 5.73 Å². The fourth-order valence-electron chi connectivity index (χ4n) is 1.55. The zero-order valence-corrected chi connectivity index (χ0v) is 13.1. The first-order valence-corrected chi connectivity index (χ1v) is 8.36. The maximum atomic E-state index is 11.3. The normalized spacial score (nSPS) is 11.3. The molecule has 0 aliphatic heterocycles. The van der Waals surface area contributed by atoms with Gasteiger partial charge in [-0.1, -0.05) is 12.1 Å². The molecule has 0 amide bonds. The topological polar surface area (TPSA) is 98.0 Å². The third kappa shape index (κ3) is 3.91. The van der Waals surface area contributed by atoms with Crippen molar-refractivity contribution in [3.8, 4) is 0 Å². The Kier molecular flexibility index (Phi) is 4.24. The smallest absolute Gasteiger partial charge is 0.225 e. The number of nitrogens with two attached hydrogens (primary N) is 1. The molecule has 6 nitrogen and oxygen atoms in total. The molecule has 0 unspecified atom stereocenters. The van der Waals surface area contributed by atoms with Crippen molar-refractivity contribution in [3.63, 3.8) is 0 Å². The Morgan fingerprint density at radius 1 is 1.25 bits per heavy atom. The summed E-state index contributed by atoms with van der Waals surface area (Å²) in [6.45, 7) is 0.472. The average molecular weight is 357 g/mol. The molecule has 1 aromatic heterocycles. The molecule has 8 heteroatoms. The third-order valence-corrected chi connectivity index (χ3v) is 4.05. The lowest BCUT2D eigenvalue weighted by Crippen LogP contribution is -2.06. The van der Waals surface area contributed by atoms with Gasteiger partial charge < -0.3 is 11.1 Å². The fraction of sp³-hybridized carbons (Fsp3) is 0.167. The molecule has 0 aliphatic carbocycles. The lowest BCUT2D eigenvalue weighted by molar-refractivity contribution is 0.602. The molecule has 0 bridgehead atoms. The first-order chi connectivity index (χ1) is 9.34. The van der Waals surface area contributed by atoms with Crippen molar-refractivity contribution < 1.29 is 8.42 Å². The van der Waals surface area contributed by atoms with E-state index < -0.39 is 9.84 Å². The quantitative estimate of drug-likeness (QED) is 0.811. The first kappa shape index (κ1) is 14.7. The van der Waals surface area contributed by atoms with Gasteiger partial charge in [-0.25, -0.2) is 13.4 Å². The summed E-state index contributed by atoms with van der Waals surface area (Å²) in [6.07, 6.45) is 1.18. The minimum atomic E-state index is -3.17.